The number of nitrogens with one attached hydrogen (secondary N) is 1. The quantitative estimate of drug-likeness (QED) is 0.730. The van der Waals surface area contributed by atoms with Crippen LogP contribution in [0.4, 0.5) is 13.2 Å². The van der Waals surface area contributed by atoms with E-state index in [0.717, 1.165) is 12.1 Å². The first-order chi connectivity index (χ1) is 11.5. The molecule has 1 heterocycles. The molecular weight excluding hydrogens is 351 g/mol. The fraction of sp³-hybridized carbons (Fsp3) is 0.529. The minimum absolute atomic E-state index is 0.301. The fourth-order valence-corrected chi connectivity index (χ4v) is 2.89. The number of H-pyrrole nitrogens is 1. The molecule has 0 fully saturated rings. The molecule has 25 heavy (non-hydrogen) atoms. The van der Waals surface area contributed by atoms with E-state index in [0.29, 0.717) is 23.5 Å². The molecule has 2 rings (SSSR count). The van der Waals surface area contributed by atoms with Crippen molar-refractivity contribution in [1.29, 1.82) is 0 Å². The Morgan fingerprint density at radius 1 is 1.16 bits per heavy atom. The lowest BCUT2D eigenvalue weighted by molar-refractivity contribution is -0.137. The fourth-order valence-electron chi connectivity index (χ4n) is 2.72. The molecule has 0 aliphatic heterocycles. The maximum absolute atomic E-state index is 12.7. The van der Waals surface area contributed by atoms with Crippen molar-refractivity contribution in [2.45, 2.75) is 52.4 Å². The molecule has 0 aliphatic carbocycles. The summed E-state index contributed by atoms with van der Waals surface area (Å²) < 4.78 is 46.6. The number of nitrogens with zero attached hydrogens (tertiary/aromatic N) is 2. The molecule has 0 bridgehead atoms. The molecule has 138 valence electrons. The third-order valence-corrected chi connectivity index (χ3v) is 4.79. The topological polar surface area (TPSA) is 42.8 Å². The molecule has 8 heteroatoms. The van der Waals surface area contributed by atoms with Gasteiger partial charge in [0.25, 0.3) is 0 Å². The van der Waals surface area contributed by atoms with Crippen LogP contribution >= 0.6 is 12.2 Å². The minimum atomic E-state index is -4.37. The zero-order chi connectivity index (χ0) is 18.9. The second-order valence-corrected chi connectivity index (χ2v) is 7.34. The standard InChI is InChI=1S/C17H22F3N3OS/c1-5-16(15(2,3)4,10-23-14(25)21-11-22-23)24-13-8-6-12(7-9-13)17(18,19)20/h6-9,11H,5,10H2,1-4H3,(H,21,22,25). The van der Waals surface area contributed by atoms with E-state index in [4.69, 9.17) is 17.0 Å². The van der Waals surface area contributed by atoms with Crippen LogP contribution in [0.2, 0.25) is 0 Å². The number of aromatic amines is 1. The lowest BCUT2D eigenvalue weighted by Gasteiger charge is -2.44. The van der Waals surface area contributed by atoms with Gasteiger partial charge in [-0.25, -0.2) is 4.98 Å². The van der Waals surface area contributed by atoms with Crippen molar-refractivity contribution in [1.82, 2.24) is 14.8 Å². The highest BCUT2D eigenvalue weighted by molar-refractivity contribution is 7.71. The zero-order valence-electron chi connectivity index (χ0n) is 14.6. The number of ether oxygens (including phenoxy) is 1. The van der Waals surface area contributed by atoms with Crippen molar-refractivity contribution in [2.75, 3.05) is 0 Å². The van der Waals surface area contributed by atoms with Gasteiger partial charge in [-0.3, -0.25) is 9.78 Å². The van der Waals surface area contributed by atoms with E-state index in [1.54, 1.807) is 4.68 Å². The molecule has 0 amide bonds. The minimum Gasteiger partial charge on any atom is -0.485 e. The molecule has 2 aromatic rings. The molecule has 4 nitrogen and oxygen atoms in total. The van der Waals surface area contributed by atoms with Crippen LogP contribution in [0.1, 0.15) is 39.7 Å². The van der Waals surface area contributed by atoms with Crippen molar-refractivity contribution in [3.63, 3.8) is 0 Å². The number of halogens is 3. The van der Waals surface area contributed by atoms with Gasteiger partial charge in [0.15, 0.2) is 0 Å². The second-order valence-electron chi connectivity index (χ2n) is 6.98. The second kappa shape index (κ2) is 6.82. The van der Waals surface area contributed by atoms with Gasteiger partial charge in [-0.2, -0.15) is 13.2 Å². The van der Waals surface area contributed by atoms with E-state index >= 15 is 0 Å². The maximum Gasteiger partial charge on any atom is 0.416 e. The van der Waals surface area contributed by atoms with Gasteiger partial charge in [-0.1, -0.05) is 27.7 Å². The van der Waals surface area contributed by atoms with E-state index in [1.165, 1.54) is 18.5 Å². The molecule has 1 aromatic heterocycles. The Hall–Kier alpha value is -1.83. The van der Waals surface area contributed by atoms with Gasteiger partial charge in [0.05, 0.1) is 12.1 Å². The SMILES string of the molecule is CCC(Cn1[nH]cnc1=S)(Oc1ccc(C(F)(F)F)cc1)C(C)(C)C. The number of hydrogen-bond donors (Lipinski definition) is 1. The third-order valence-electron chi connectivity index (χ3n) is 4.47. The normalized spacial score (nSPS) is 15.0. The molecule has 1 aromatic carbocycles. The molecule has 0 saturated heterocycles. The zero-order valence-corrected chi connectivity index (χ0v) is 15.5. The molecule has 0 saturated carbocycles. The first-order valence-electron chi connectivity index (χ1n) is 7.95. The summed E-state index contributed by atoms with van der Waals surface area (Å²) in [5.74, 6) is 0.385. The van der Waals surface area contributed by atoms with Crippen LogP contribution in [0.25, 0.3) is 0 Å². The van der Waals surface area contributed by atoms with E-state index in [1.807, 2.05) is 27.7 Å². The summed E-state index contributed by atoms with van der Waals surface area (Å²) in [6.07, 6.45) is -2.23. The smallest absolute Gasteiger partial charge is 0.416 e. The number of aromatic nitrogens is 3. The highest BCUT2D eigenvalue weighted by Crippen LogP contribution is 2.39. The number of rotatable bonds is 5. The van der Waals surface area contributed by atoms with Crippen molar-refractivity contribution >= 4 is 12.2 Å². The van der Waals surface area contributed by atoms with Gasteiger partial charge in [0.2, 0.25) is 4.77 Å². The Kier molecular flexibility index (Phi) is 5.32. The van der Waals surface area contributed by atoms with E-state index in [2.05, 4.69) is 10.1 Å². The summed E-state index contributed by atoms with van der Waals surface area (Å²) in [7, 11) is 0. The number of hydrogen-bond acceptors (Lipinski definition) is 3. The van der Waals surface area contributed by atoms with Crippen LogP contribution < -0.4 is 4.74 Å². The molecule has 0 spiro atoms. The largest absolute Gasteiger partial charge is 0.485 e. The molecule has 0 aliphatic rings. The Labute approximate surface area is 150 Å². The van der Waals surface area contributed by atoms with Crippen LogP contribution in [-0.4, -0.2) is 20.4 Å². The monoisotopic (exact) mass is 373 g/mol. The van der Waals surface area contributed by atoms with Crippen LogP contribution in [0, 0.1) is 10.2 Å². The maximum atomic E-state index is 12.7. The van der Waals surface area contributed by atoms with Gasteiger partial charge in [0.1, 0.15) is 17.7 Å². The van der Waals surface area contributed by atoms with Crippen LogP contribution in [0.3, 0.4) is 0 Å². The summed E-state index contributed by atoms with van der Waals surface area (Å²) in [6, 6.07) is 4.76. The van der Waals surface area contributed by atoms with Gasteiger partial charge < -0.3 is 4.74 Å². The van der Waals surface area contributed by atoms with Crippen LogP contribution in [-0.2, 0) is 12.7 Å². The number of benzene rings is 1. The third kappa shape index (κ3) is 4.23. The van der Waals surface area contributed by atoms with E-state index in [-0.39, 0.29) is 5.41 Å². The van der Waals surface area contributed by atoms with Crippen LogP contribution in [0.5, 0.6) is 5.75 Å². The Morgan fingerprint density at radius 3 is 2.16 bits per heavy atom. The lowest BCUT2D eigenvalue weighted by Crippen LogP contribution is -2.51. The summed E-state index contributed by atoms with van der Waals surface area (Å²) in [6.45, 7) is 8.48. The average molecular weight is 373 g/mol. The van der Waals surface area contributed by atoms with E-state index in [9.17, 15) is 13.2 Å². The highest BCUT2D eigenvalue weighted by atomic mass is 32.1. The van der Waals surface area contributed by atoms with Gasteiger partial charge in [-0.05, 0) is 42.9 Å². The molecule has 1 N–H and O–H groups in total. The van der Waals surface area contributed by atoms with Gasteiger partial charge in [0, 0.05) is 5.41 Å². The van der Waals surface area contributed by atoms with Gasteiger partial charge in [-0.15, -0.1) is 0 Å². The molecule has 1 atom stereocenters. The summed E-state index contributed by atoms with van der Waals surface area (Å²) in [5.41, 5.74) is -1.68. The predicted octanol–water partition coefficient (Wildman–Crippen LogP) is 5.23. The molecule has 1 unspecified atom stereocenters. The van der Waals surface area contributed by atoms with Crippen molar-refractivity contribution in [3.05, 3.63) is 40.9 Å². The molecule has 0 radical (unpaired) electrons. The first-order valence-corrected chi connectivity index (χ1v) is 8.36. The Bertz CT molecular complexity index is 759. The Balaban J connectivity index is 2.36. The van der Waals surface area contributed by atoms with Crippen molar-refractivity contribution in [3.8, 4) is 5.75 Å². The average Bonchev–Trinajstić information content (AvgIpc) is 2.90. The first kappa shape index (κ1) is 19.5. The van der Waals surface area contributed by atoms with E-state index < -0.39 is 17.3 Å². The summed E-state index contributed by atoms with van der Waals surface area (Å²) in [5, 5.41) is 2.95. The van der Waals surface area contributed by atoms with Crippen molar-refractivity contribution in [2.24, 2.45) is 5.41 Å². The lowest BCUT2D eigenvalue weighted by atomic mass is 9.74. The van der Waals surface area contributed by atoms with Crippen molar-refractivity contribution < 1.29 is 17.9 Å². The predicted molar refractivity (Wildman–Crippen MR) is 92.0 cm³/mol. The molecular formula is C17H22F3N3OS. The number of alkyl halides is 3. The highest BCUT2D eigenvalue weighted by Gasteiger charge is 2.44. The van der Waals surface area contributed by atoms with Gasteiger partial charge >= 0.3 is 6.18 Å². The summed E-state index contributed by atoms with van der Waals surface area (Å²) >= 11 is 5.19. The van der Waals surface area contributed by atoms with Crippen LogP contribution in [0.15, 0.2) is 30.6 Å². The summed E-state index contributed by atoms with van der Waals surface area (Å²) in [4.78, 5) is 4.00. The Morgan fingerprint density at radius 2 is 1.76 bits per heavy atom.